The minimum atomic E-state index is -1.48. The van der Waals surface area contributed by atoms with Gasteiger partial charge < -0.3 is 20.0 Å². The molecule has 2 unspecified atom stereocenters. The normalized spacial score (nSPS) is 16.4. The van der Waals surface area contributed by atoms with E-state index >= 15 is 0 Å². The Labute approximate surface area is 236 Å². The lowest BCUT2D eigenvalue weighted by atomic mass is 10.0. The molecule has 4 aromatic rings. The highest BCUT2D eigenvalue weighted by Crippen LogP contribution is 2.32. The maximum Gasteiger partial charge on any atom is 0.355 e. The average molecular weight is 561 g/mol. The number of rotatable bonds is 6. The molecule has 1 saturated heterocycles. The molecular weight excluding hydrogens is 527 g/mol. The summed E-state index contributed by atoms with van der Waals surface area (Å²) in [6.45, 7) is 8.01. The van der Waals surface area contributed by atoms with E-state index in [0.717, 1.165) is 5.56 Å². The molecule has 41 heavy (non-hydrogen) atoms. The molecule has 10 nitrogen and oxygen atoms in total. The van der Waals surface area contributed by atoms with Crippen LogP contribution in [0.25, 0.3) is 28.0 Å². The molecule has 0 radical (unpaired) electrons. The number of carbonyl (C=O) groups is 1. The van der Waals surface area contributed by atoms with Gasteiger partial charge in [0.1, 0.15) is 11.6 Å². The van der Waals surface area contributed by atoms with Crippen LogP contribution in [0.5, 0.6) is 0 Å². The standard InChI is InChI=1S/C30H33FN6O4/c1-17(2)25-26(18(3)11-12-32-25)37-28-21(9-10-23(33-28)20-7-5-6-8-22(20)31)27(34-30(37)41)36-14-13-35(15-19(36)4)29(40)24(39)16-38/h5-12,17,19,24,38-39H,13-16H2,1-4H3. The minimum absolute atomic E-state index is 0.00110. The van der Waals surface area contributed by atoms with Gasteiger partial charge in [0.05, 0.1) is 29.1 Å². The van der Waals surface area contributed by atoms with Gasteiger partial charge in [0.25, 0.3) is 5.91 Å². The van der Waals surface area contributed by atoms with Crippen molar-refractivity contribution in [2.24, 2.45) is 0 Å². The molecule has 0 saturated carbocycles. The van der Waals surface area contributed by atoms with E-state index in [0.29, 0.717) is 46.0 Å². The molecule has 11 heteroatoms. The molecule has 3 aromatic heterocycles. The van der Waals surface area contributed by atoms with E-state index in [1.165, 1.54) is 15.5 Å². The van der Waals surface area contributed by atoms with Crippen molar-refractivity contribution < 1.29 is 19.4 Å². The van der Waals surface area contributed by atoms with Crippen LogP contribution in [0.15, 0.2) is 53.5 Å². The smallest absolute Gasteiger partial charge is 0.355 e. The molecule has 1 amide bonds. The fraction of sp³-hybridized carbons (Fsp3) is 0.367. The predicted octanol–water partition coefficient (Wildman–Crippen LogP) is 2.80. The van der Waals surface area contributed by atoms with E-state index < -0.39 is 30.1 Å². The molecule has 214 valence electrons. The summed E-state index contributed by atoms with van der Waals surface area (Å²) < 4.78 is 16.3. The molecule has 4 heterocycles. The summed E-state index contributed by atoms with van der Waals surface area (Å²) in [4.78, 5) is 43.8. The van der Waals surface area contributed by atoms with E-state index in [-0.39, 0.29) is 25.0 Å². The van der Waals surface area contributed by atoms with Crippen molar-refractivity contribution in [2.75, 3.05) is 31.1 Å². The molecule has 0 aliphatic carbocycles. The van der Waals surface area contributed by atoms with Gasteiger partial charge in [-0.1, -0.05) is 26.0 Å². The second-order valence-corrected chi connectivity index (χ2v) is 10.6. The maximum atomic E-state index is 14.8. The summed E-state index contributed by atoms with van der Waals surface area (Å²) in [5.41, 5.74) is 2.57. The van der Waals surface area contributed by atoms with Crippen LogP contribution in [0.2, 0.25) is 0 Å². The highest BCUT2D eigenvalue weighted by molar-refractivity contribution is 5.90. The number of anilines is 1. The Bertz CT molecular complexity index is 1670. The number of fused-ring (bicyclic) bond motifs is 1. The zero-order valence-corrected chi connectivity index (χ0v) is 23.5. The summed E-state index contributed by atoms with van der Waals surface area (Å²) in [6, 6.07) is 11.4. The lowest BCUT2D eigenvalue weighted by Gasteiger charge is -2.41. The van der Waals surface area contributed by atoms with Gasteiger partial charge in [0.2, 0.25) is 0 Å². The van der Waals surface area contributed by atoms with E-state index in [1.54, 1.807) is 36.5 Å². The summed E-state index contributed by atoms with van der Waals surface area (Å²) in [6.07, 6.45) is 0.230. The van der Waals surface area contributed by atoms with Gasteiger partial charge in [-0.2, -0.15) is 4.98 Å². The molecule has 0 spiro atoms. The third kappa shape index (κ3) is 5.18. The number of aliphatic hydroxyl groups is 2. The maximum absolute atomic E-state index is 14.8. The molecule has 1 fully saturated rings. The Morgan fingerprint density at radius 1 is 1.12 bits per heavy atom. The first-order valence-electron chi connectivity index (χ1n) is 13.6. The molecular formula is C30H33FN6O4. The van der Waals surface area contributed by atoms with Crippen LogP contribution >= 0.6 is 0 Å². The van der Waals surface area contributed by atoms with E-state index in [9.17, 15) is 24.2 Å². The summed E-state index contributed by atoms with van der Waals surface area (Å²) in [5.74, 6) is -0.566. The first-order chi connectivity index (χ1) is 19.6. The van der Waals surface area contributed by atoms with Crippen molar-refractivity contribution in [3.05, 3.63) is 76.2 Å². The van der Waals surface area contributed by atoms with E-state index in [4.69, 9.17) is 4.98 Å². The summed E-state index contributed by atoms with van der Waals surface area (Å²) >= 11 is 0. The molecule has 1 aliphatic heterocycles. The number of carbonyl (C=O) groups excluding carboxylic acids is 1. The molecule has 1 aliphatic rings. The highest BCUT2D eigenvalue weighted by atomic mass is 19.1. The summed E-state index contributed by atoms with van der Waals surface area (Å²) in [7, 11) is 0. The third-order valence-corrected chi connectivity index (χ3v) is 7.46. The Morgan fingerprint density at radius 2 is 1.88 bits per heavy atom. The Hall–Kier alpha value is -4.22. The Morgan fingerprint density at radius 3 is 2.56 bits per heavy atom. The zero-order chi connectivity index (χ0) is 29.4. The number of aliphatic hydroxyl groups excluding tert-OH is 2. The van der Waals surface area contributed by atoms with Gasteiger partial charge in [0.15, 0.2) is 11.8 Å². The SMILES string of the molecule is Cc1ccnc(C(C)C)c1-n1c(=O)nc(N2CCN(C(=O)C(O)CO)CC2C)c2ccc(-c3ccccc3F)nc21. The Balaban J connectivity index is 1.72. The van der Waals surface area contributed by atoms with Crippen molar-refractivity contribution >= 4 is 22.8 Å². The van der Waals surface area contributed by atoms with Crippen LogP contribution in [0.3, 0.4) is 0 Å². The van der Waals surface area contributed by atoms with Crippen LogP contribution in [0.1, 0.15) is 37.9 Å². The highest BCUT2D eigenvalue weighted by Gasteiger charge is 2.32. The van der Waals surface area contributed by atoms with Crippen molar-refractivity contribution in [1.82, 2.24) is 24.4 Å². The number of amides is 1. The predicted molar refractivity (Wildman–Crippen MR) is 154 cm³/mol. The number of pyridine rings is 2. The molecule has 1 aromatic carbocycles. The number of aromatic nitrogens is 4. The van der Waals surface area contributed by atoms with Gasteiger partial charge in [-0.25, -0.2) is 18.7 Å². The minimum Gasteiger partial charge on any atom is -0.393 e. The average Bonchev–Trinajstić information content (AvgIpc) is 2.96. The number of hydrogen-bond donors (Lipinski definition) is 2. The van der Waals surface area contributed by atoms with Crippen LogP contribution < -0.4 is 10.6 Å². The lowest BCUT2D eigenvalue weighted by Crippen LogP contribution is -2.56. The quantitative estimate of drug-likeness (QED) is 0.369. The molecule has 2 N–H and O–H groups in total. The third-order valence-electron chi connectivity index (χ3n) is 7.46. The van der Waals surface area contributed by atoms with Gasteiger partial charge in [0, 0.05) is 37.4 Å². The second kappa shape index (κ2) is 11.3. The zero-order valence-electron chi connectivity index (χ0n) is 23.5. The van der Waals surface area contributed by atoms with Crippen LogP contribution in [-0.4, -0.2) is 78.9 Å². The van der Waals surface area contributed by atoms with Crippen LogP contribution in [0, 0.1) is 12.7 Å². The van der Waals surface area contributed by atoms with Gasteiger partial charge in [-0.05, 0) is 55.7 Å². The van der Waals surface area contributed by atoms with Gasteiger partial charge in [-0.3, -0.25) is 9.78 Å². The van der Waals surface area contributed by atoms with Crippen LogP contribution in [0.4, 0.5) is 10.2 Å². The molecule has 0 bridgehead atoms. The first kappa shape index (κ1) is 28.3. The number of aryl methyl sites for hydroxylation is 1. The fourth-order valence-corrected chi connectivity index (χ4v) is 5.37. The largest absolute Gasteiger partial charge is 0.393 e. The number of hydrogen-bond acceptors (Lipinski definition) is 8. The van der Waals surface area contributed by atoms with Crippen molar-refractivity contribution in [3.63, 3.8) is 0 Å². The summed E-state index contributed by atoms with van der Waals surface area (Å²) in [5, 5.41) is 19.6. The second-order valence-electron chi connectivity index (χ2n) is 10.6. The van der Waals surface area contributed by atoms with Crippen molar-refractivity contribution in [3.8, 4) is 16.9 Å². The van der Waals surface area contributed by atoms with Gasteiger partial charge in [-0.15, -0.1) is 0 Å². The number of nitrogens with zero attached hydrogens (tertiary/aromatic N) is 6. The Kier molecular flexibility index (Phi) is 7.83. The monoisotopic (exact) mass is 560 g/mol. The van der Waals surface area contributed by atoms with Crippen molar-refractivity contribution in [1.29, 1.82) is 0 Å². The van der Waals surface area contributed by atoms with Gasteiger partial charge >= 0.3 is 5.69 Å². The van der Waals surface area contributed by atoms with E-state index in [1.807, 2.05) is 38.7 Å². The topological polar surface area (TPSA) is 125 Å². The van der Waals surface area contributed by atoms with Crippen molar-refractivity contribution in [2.45, 2.75) is 45.8 Å². The number of piperazine rings is 1. The molecule has 5 rings (SSSR count). The number of benzene rings is 1. The first-order valence-corrected chi connectivity index (χ1v) is 13.6. The van der Waals surface area contributed by atoms with E-state index in [2.05, 4.69) is 9.97 Å². The van der Waals surface area contributed by atoms with Crippen LogP contribution in [-0.2, 0) is 4.79 Å². The lowest BCUT2D eigenvalue weighted by molar-refractivity contribution is -0.142. The fourth-order valence-electron chi connectivity index (χ4n) is 5.37. The molecule has 2 atom stereocenters. The number of halogens is 1.